The van der Waals surface area contributed by atoms with E-state index in [1.165, 1.54) is 0 Å². The molecule has 3 aromatic heterocycles. The summed E-state index contributed by atoms with van der Waals surface area (Å²) in [6.45, 7) is 0. The van der Waals surface area contributed by atoms with Crippen molar-refractivity contribution in [2.75, 3.05) is 11.5 Å². The highest BCUT2D eigenvalue weighted by atomic mass is 15.0. The molecular formula is C12H11N5. The standard InChI is InChI=1S/C12H11N5/c13-9-4-10(8-2-1-3-15-5-8)12-16-11(14)7-17(12)6-9/h1-7H,13-14H2. The van der Waals surface area contributed by atoms with E-state index in [2.05, 4.69) is 9.97 Å². The highest BCUT2D eigenvalue weighted by molar-refractivity contribution is 5.80. The molecule has 84 valence electrons. The van der Waals surface area contributed by atoms with Gasteiger partial charge in [-0.15, -0.1) is 0 Å². The van der Waals surface area contributed by atoms with Crippen LogP contribution in [0.5, 0.6) is 0 Å². The Morgan fingerprint density at radius 3 is 2.82 bits per heavy atom. The summed E-state index contributed by atoms with van der Waals surface area (Å²) in [5.74, 6) is 0.473. The Labute approximate surface area is 97.7 Å². The van der Waals surface area contributed by atoms with Gasteiger partial charge in [-0.05, 0) is 12.1 Å². The molecule has 0 radical (unpaired) electrons. The van der Waals surface area contributed by atoms with Gasteiger partial charge in [-0.25, -0.2) is 4.98 Å². The van der Waals surface area contributed by atoms with E-state index < -0.39 is 0 Å². The number of aromatic nitrogens is 3. The SMILES string of the molecule is Nc1cc(-c2cccnc2)c2nc(N)cn2c1. The van der Waals surface area contributed by atoms with Gasteiger partial charge in [0.2, 0.25) is 0 Å². The summed E-state index contributed by atoms with van der Waals surface area (Å²) in [6, 6.07) is 5.72. The van der Waals surface area contributed by atoms with Crippen LogP contribution in [0.1, 0.15) is 0 Å². The number of imidazole rings is 1. The number of rotatable bonds is 1. The molecule has 0 bridgehead atoms. The van der Waals surface area contributed by atoms with Crippen molar-refractivity contribution in [3.63, 3.8) is 0 Å². The second-order valence-electron chi connectivity index (χ2n) is 3.83. The number of nitrogens with zero attached hydrogens (tertiary/aromatic N) is 3. The smallest absolute Gasteiger partial charge is 0.147 e. The summed E-state index contributed by atoms with van der Waals surface area (Å²) in [7, 11) is 0. The lowest BCUT2D eigenvalue weighted by Crippen LogP contribution is -1.93. The largest absolute Gasteiger partial charge is 0.398 e. The van der Waals surface area contributed by atoms with Gasteiger partial charge in [0.1, 0.15) is 11.5 Å². The zero-order chi connectivity index (χ0) is 11.8. The van der Waals surface area contributed by atoms with Crippen LogP contribution in [-0.2, 0) is 0 Å². The summed E-state index contributed by atoms with van der Waals surface area (Å²) < 4.78 is 1.83. The molecule has 3 heterocycles. The Balaban J connectivity index is 2.35. The van der Waals surface area contributed by atoms with Gasteiger partial charge in [-0.1, -0.05) is 6.07 Å². The van der Waals surface area contributed by atoms with Crippen LogP contribution in [0.3, 0.4) is 0 Å². The van der Waals surface area contributed by atoms with Crippen LogP contribution in [0.2, 0.25) is 0 Å². The first-order valence-corrected chi connectivity index (χ1v) is 5.18. The van der Waals surface area contributed by atoms with E-state index in [4.69, 9.17) is 11.5 Å². The van der Waals surface area contributed by atoms with Crippen molar-refractivity contribution < 1.29 is 0 Å². The maximum atomic E-state index is 5.86. The number of nitrogens with two attached hydrogens (primary N) is 2. The fourth-order valence-corrected chi connectivity index (χ4v) is 1.87. The van der Waals surface area contributed by atoms with Gasteiger partial charge in [-0.3, -0.25) is 4.98 Å². The maximum absolute atomic E-state index is 5.86. The molecule has 0 aliphatic carbocycles. The van der Waals surface area contributed by atoms with Gasteiger partial charge in [0.15, 0.2) is 0 Å². The van der Waals surface area contributed by atoms with Crippen LogP contribution in [-0.4, -0.2) is 14.4 Å². The van der Waals surface area contributed by atoms with E-state index in [9.17, 15) is 0 Å². The summed E-state index contributed by atoms with van der Waals surface area (Å²) in [5, 5.41) is 0. The minimum atomic E-state index is 0.473. The highest BCUT2D eigenvalue weighted by Gasteiger charge is 2.08. The topological polar surface area (TPSA) is 82.2 Å². The average molecular weight is 225 g/mol. The Morgan fingerprint density at radius 1 is 1.18 bits per heavy atom. The van der Waals surface area contributed by atoms with Gasteiger partial charge in [0.05, 0.1) is 6.20 Å². The molecule has 0 aliphatic rings. The first-order chi connectivity index (χ1) is 8.24. The van der Waals surface area contributed by atoms with E-state index in [0.717, 1.165) is 16.8 Å². The molecule has 0 spiro atoms. The van der Waals surface area contributed by atoms with Crippen LogP contribution in [0.4, 0.5) is 11.5 Å². The second kappa shape index (κ2) is 3.48. The normalized spacial score (nSPS) is 10.8. The van der Waals surface area contributed by atoms with Crippen LogP contribution in [0, 0.1) is 0 Å². The quantitative estimate of drug-likeness (QED) is 0.658. The van der Waals surface area contributed by atoms with E-state index in [1.54, 1.807) is 24.8 Å². The molecule has 0 unspecified atom stereocenters. The molecule has 0 atom stereocenters. The van der Waals surface area contributed by atoms with Crippen LogP contribution in [0.15, 0.2) is 43.0 Å². The molecule has 0 aliphatic heterocycles. The van der Waals surface area contributed by atoms with E-state index in [-0.39, 0.29) is 0 Å². The Hall–Kier alpha value is -2.56. The Morgan fingerprint density at radius 2 is 2.06 bits per heavy atom. The van der Waals surface area contributed by atoms with Crippen molar-refractivity contribution in [2.45, 2.75) is 0 Å². The summed E-state index contributed by atoms with van der Waals surface area (Å²) >= 11 is 0. The predicted molar refractivity (Wildman–Crippen MR) is 67.2 cm³/mol. The number of nitrogen functional groups attached to an aromatic ring is 2. The van der Waals surface area contributed by atoms with Crippen LogP contribution < -0.4 is 11.5 Å². The molecule has 3 rings (SSSR count). The van der Waals surface area contributed by atoms with Crippen molar-refractivity contribution >= 4 is 17.2 Å². The molecule has 0 saturated heterocycles. The van der Waals surface area contributed by atoms with Gasteiger partial charge < -0.3 is 15.9 Å². The Kier molecular flexibility index (Phi) is 1.98. The van der Waals surface area contributed by atoms with Gasteiger partial charge in [0, 0.05) is 35.4 Å². The van der Waals surface area contributed by atoms with Crippen molar-refractivity contribution in [3.05, 3.63) is 43.0 Å². The lowest BCUT2D eigenvalue weighted by molar-refractivity contribution is 1.19. The van der Waals surface area contributed by atoms with Gasteiger partial charge in [-0.2, -0.15) is 0 Å². The number of anilines is 2. The minimum absolute atomic E-state index is 0.473. The third kappa shape index (κ3) is 1.57. The predicted octanol–water partition coefficient (Wildman–Crippen LogP) is 1.56. The van der Waals surface area contributed by atoms with E-state index in [0.29, 0.717) is 11.5 Å². The monoisotopic (exact) mass is 225 g/mol. The minimum Gasteiger partial charge on any atom is -0.398 e. The summed E-state index contributed by atoms with van der Waals surface area (Å²) in [6.07, 6.45) is 7.04. The zero-order valence-electron chi connectivity index (χ0n) is 9.04. The zero-order valence-corrected chi connectivity index (χ0v) is 9.04. The van der Waals surface area contributed by atoms with E-state index in [1.807, 2.05) is 22.6 Å². The summed E-state index contributed by atoms with van der Waals surface area (Å²) in [4.78, 5) is 8.38. The highest BCUT2D eigenvalue weighted by Crippen LogP contribution is 2.26. The second-order valence-corrected chi connectivity index (χ2v) is 3.83. The molecule has 0 aromatic carbocycles. The molecule has 3 aromatic rings. The lowest BCUT2D eigenvalue weighted by Gasteiger charge is -2.04. The number of pyridine rings is 2. The third-order valence-corrected chi connectivity index (χ3v) is 2.56. The molecule has 5 nitrogen and oxygen atoms in total. The molecule has 0 fully saturated rings. The van der Waals surface area contributed by atoms with Gasteiger partial charge in [0.25, 0.3) is 0 Å². The fourth-order valence-electron chi connectivity index (χ4n) is 1.87. The van der Waals surface area contributed by atoms with Crippen molar-refractivity contribution in [3.8, 4) is 11.1 Å². The van der Waals surface area contributed by atoms with Crippen molar-refractivity contribution in [2.24, 2.45) is 0 Å². The number of fused-ring (bicyclic) bond motifs is 1. The van der Waals surface area contributed by atoms with Crippen molar-refractivity contribution in [1.82, 2.24) is 14.4 Å². The van der Waals surface area contributed by atoms with E-state index >= 15 is 0 Å². The number of hydrogen-bond donors (Lipinski definition) is 2. The first kappa shape index (κ1) is 9.65. The average Bonchev–Trinajstić information content (AvgIpc) is 2.69. The molecule has 4 N–H and O–H groups in total. The summed E-state index contributed by atoms with van der Waals surface area (Å²) in [5.41, 5.74) is 14.9. The molecule has 5 heteroatoms. The molecule has 0 amide bonds. The fraction of sp³-hybridized carbons (Fsp3) is 0. The first-order valence-electron chi connectivity index (χ1n) is 5.18. The Bertz CT molecular complexity index is 672. The lowest BCUT2D eigenvalue weighted by atomic mass is 10.1. The number of hydrogen-bond acceptors (Lipinski definition) is 4. The van der Waals surface area contributed by atoms with Crippen LogP contribution in [0.25, 0.3) is 16.8 Å². The third-order valence-electron chi connectivity index (χ3n) is 2.56. The molecular weight excluding hydrogens is 214 g/mol. The maximum Gasteiger partial charge on any atom is 0.147 e. The molecule has 0 saturated carbocycles. The molecule has 17 heavy (non-hydrogen) atoms. The van der Waals surface area contributed by atoms with Gasteiger partial charge >= 0.3 is 0 Å². The van der Waals surface area contributed by atoms with Crippen molar-refractivity contribution in [1.29, 1.82) is 0 Å². The van der Waals surface area contributed by atoms with Crippen LogP contribution >= 0.6 is 0 Å².